The lowest BCUT2D eigenvalue weighted by Gasteiger charge is -2.04. The first-order valence-corrected chi connectivity index (χ1v) is 5.64. The SMILES string of the molecule is C.CC.c1ccc(NCc2ccccn2)cc1. The molecule has 1 aromatic carbocycles. The molecule has 2 rings (SSSR count). The smallest absolute Gasteiger partial charge is 0.0594 e. The first kappa shape index (κ1) is 15.2. The summed E-state index contributed by atoms with van der Waals surface area (Å²) in [5.41, 5.74) is 2.18. The number of nitrogens with zero attached hydrogens (tertiary/aromatic N) is 1. The molecular weight excluding hydrogens is 208 g/mol. The lowest BCUT2D eigenvalue weighted by molar-refractivity contribution is 1.05. The highest BCUT2D eigenvalue weighted by Gasteiger charge is 1.92. The Bertz CT molecular complexity index is 331. The summed E-state index contributed by atoms with van der Waals surface area (Å²) < 4.78 is 0. The van der Waals surface area contributed by atoms with E-state index in [4.69, 9.17) is 0 Å². The van der Waals surface area contributed by atoms with Crippen molar-refractivity contribution in [2.24, 2.45) is 0 Å². The van der Waals surface area contributed by atoms with Gasteiger partial charge in [0.25, 0.3) is 0 Å². The van der Waals surface area contributed by atoms with Gasteiger partial charge in [0.1, 0.15) is 0 Å². The lowest BCUT2D eigenvalue weighted by Crippen LogP contribution is -2.00. The number of hydrogen-bond donors (Lipinski definition) is 1. The van der Waals surface area contributed by atoms with Gasteiger partial charge in [-0.2, -0.15) is 0 Å². The molecular formula is C15H22N2. The van der Waals surface area contributed by atoms with Gasteiger partial charge in [0, 0.05) is 11.9 Å². The Hall–Kier alpha value is -1.83. The Labute approximate surface area is 105 Å². The van der Waals surface area contributed by atoms with Crippen LogP contribution in [0.5, 0.6) is 0 Å². The molecule has 1 N–H and O–H groups in total. The molecule has 0 saturated heterocycles. The van der Waals surface area contributed by atoms with Crippen LogP contribution in [-0.2, 0) is 6.54 Å². The summed E-state index contributed by atoms with van der Waals surface area (Å²) in [5, 5.41) is 3.30. The first-order valence-electron chi connectivity index (χ1n) is 5.64. The molecule has 1 aromatic heterocycles. The molecule has 0 aliphatic carbocycles. The van der Waals surface area contributed by atoms with Gasteiger partial charge >= 0.3 is 0 Å². The van der Waals surface area contributed by atoms with E-state index in [1.807, 2.05) is 68.6 Å². The molecule has 0 aliphatic rings. The fourth-order valence-corrected chi connectivity index (χ4v) is 1.25. The molecule has 0 unspecified atom stereocenters. The highest BCUT2D eigenvalue weighted by molar-refractivity contribution is 5.42. The van der Waals surface area contributed by atoms with Crippen LogP contribution >= 0.6 is 0 Å². The summed E-state index contributed by atoms with van der Waals surface area (Å²) >= 11 is 0. The molecule has 2 heteroatoms. The zero-order chi connectivity index (χ0) is 11.6. The van der Waals surface area contributed by atoms with E-state index in [2.05, 4.69) is 10.3 Å². The number of para-hydroxylation sites is 1. The number of nitrogens with one attached hydrogen (secondary N) is 1. The van der Waals surface area contributed by atoms with Gasteiger partial charge in [0.15, 0.2) is 0 Å². The van der Waals surface area contributed by atoms with Crippen molar-refractivity contribution in [2.75, 3.05) is 5.32 Å². The van der Waals surface area contributed by atoms with Crippen LogP contribution in [0.4, 0.5) is 5.69 Å². The molecule has 2 nitrogen and oxygen atoms in total. The average molecular weight is 230 g/mol. The van der Waals surface area contributed by atoms with Crippen molar-refractivity contribution in [3.63, 3.8) is 0 Å². The van der Waals surface area contributed by atoms with Gasteiger partial charge in [0.2, 0.25) is 0 Å². The normalized spacial score (nSPS) is 8.35. The summed E-state index contributed by atoms with van der Waals surface area (Å²) in [5.74, 6) is 0. The Kier molecular flexibility index (Phi) is 8.39. The van der Waals surface area contributed by atoms with Crippen LogP contribution in [-0.4, -0.2) is 4.98 Å². The monoisotopic (exact) mass is 230 g/mol. The summed E-state index contributed by atoms with van der Waals surface area (Å²) in [6.45, 7) is 4.77. The maximum Gasteiger partial charge on any atom is 0.0594 e. The summed E-state index contributed by atoms with van der Waals surface area (Å²) in [7, 11) is 0. The Morgan fingerprint density at radius 3 is 2.18 bits per heavy atom. The number of pyridine rings is 1. The second-order valence-electron chi connectivity index (χ2n) is 3.04. The summed E-state index contributed by atoms with van der Waals surface area (Å²) in [6, 6.07) is 16.1. The summed E-state index contributed by atoms with van der Waals surface area (Å²) in [6.07, 6.45) is 1.81. The number of hydrogen-bond acceptors (Lipinski definition) is 2. The minimum atomic E-state index is 0. The molecule has 0 spiro atoms. The van der Waals surface area contributed by atoms with Crippen molar-refractivity contribution in [1.29, 1.82) is 0 Å². The Balaban J connectivity index is 0.000000811. The van der Waals surface area contributed by atoms with E-state index in [1.54, 1.807) is 0 Å². The fourth-order valence-electron chi connectivity index (χ4n) is 1.25. The molecule has 0 amide bonds. The minimum Gasteiger partial charge on any atom is -0.379 e. The van der Waals surface area contributed by atoms with E-state index in [-0.39, 0.29) is 7.43 Å². The van der Waals surface area contributed by atoms with E-state index < -0.39 is 0 Å². The zero-order valence-corrected chi connectivity index (χ0v) is 9.85. The highest BCUT2D eigenvalue weighted by atomic mass is 14.9. The van der Waals surface area contributed by atoms with Crippen LogP contribution in [0.1, 0.15) is 27.0 Å². The van der Waals surface area contributed by atoms with Gasteiger partial charge in [-0.3, -0.25) is 4.98 Å². The molecule has 92 valence electrons. The predicted molar refractivity (Wildman–Crippen MR) is 76.1 cm³/mol. The molecule has 1 heterocycles. The van der Waals surface area contributed by atoms with Crippen molar-refractivity contribution in [2.45, 2.75) is 27.8 Å². The fraction of sp³-hybridized carbons (Fsp3) is 0.267. The lowest BCUT2D eigenvalue weighted by atomic mass is 10.3. The molecule has 17 heavy (non-hydrogen) atoms. The maximum atomic E-state index is 4.23. The zero-order valence-electron chi connectivity index (χ0n) is 9.85. The Morgan fingerprint density at radius 1 is 0.941 bits per heavy atom. The van der Waals surface area contributed by atoms with E-state index in [0.29, 0.717) is 0 Å². The van der Waals surface area contributed by atoms with Crippen LogP contribution in [0, 0.1) is 0 Å². The van der Waals surface area contributed by atoms with Gasteiger partial charge in [-0.15, -0.1) is 0 Å². The van der Waals surface area contributed by atoms with E-state index in [9.17, 15) is 0 Å². The van der Waals surface area contributed by atoms with Crippen LogP contribution in [0.15, 0.2) is 54.7 Å². The predicted octanol–water partition coefficient (Wildman–Crippen LogP) is 4.36. The van der Waals surface area contributed by atoms with Gasteiger partial charge < -0.3 is 5.32 Å². The van der Waals surface area contributed by atoms with Gasteiger partial charge in [-0.05, 0) is 24.3 Å². The number of rotatable bonds is 3. The highest BCUT2D eigenvalue weighted by Crippen LogP contribution is 2.06. The average Bonchev–Trinajstić information content (AvgIpc) is 2.41. The quantitative estimate of drug-likeness (QED) is 0.847. The van der Waals surface area contributed by atoms with Gasteiger partial charge in [-0.1, -0.05) is 45.5 Å². The second-order valence-corrected chi connectivity index (χ2v) is 3.04. The maximum absolute atomic E-state index is 4.23. The molecule has 0 saturated carbocycles. The van der Waals surface area contributed by atoms with Crippen molar-refractivity contribution in [3.05, 3.63) is 60.4 Å². The number of aromatic nitrogens is 1. The van der Waals surface area contributed by atoms with Gasteiger partial charge in [0.05, 0.1) is 12.2 Å². The number of anilines is 1. The largest absolute Gasteiger partial charge is 0.379 e. The summed E-state index contributed by atoms with van der Waals surface area (Å²) in [4.78, 5) is 4.23. The minimum absolute atomic E-state index is 0. The van der Waals surface area contributed by atoms with Crippen LogP contribution in [0.3, 0.4) is 0 Å². The van der Waals surface area contributed by atoms with E-state index in [0.717, 1.165) is 17.9 Å². The van der Waals surface area contributed by atoms with Crippen molar-refractivity contribution >= 4 is 5.69 Å². The third-order valence-electron chi connectivity index (χ3n) is 1.97. The van der Waals surface area contributed by atoms with E-state index >= 15 is 0 Å². The van der Waals surface area contributed by atoms with Crippen molar-refractivity contribution < 1.29 is 0 Å². The molecule has 0 fully saturated rings. The van der Waals surface area contributed by atoms with Crippen molar-refractivity contribution in [3.8, 4) is 0 Å². The van der Waals surface area contributed by atoms with Crippen LogP contribution in [0.25, 0.3) is 0 Å². The van der Waals surface area contributed by atoms with E-state index in [1.165, 1.54) is 0 Å². The number of benzene rings is 1. The molecule has 0 radical (unpaired) electrons. The van der Waals surface area contributed by atoms with Gasteiger partial charge in [-0.25, -0.2) is 0 Å². The third-order valence-corrected chi connectivity index (χ3v) is 1.97. The third kappa shape index (κ3) is 5.71. The van der Waals surface area contributed by atoms with Crippen LogP contribution < -0.4 is 5.32 Å². The molecule has 0 atom stereocenters. The standard InChI is InChI=1S/C12H12N2.C2H6.CH4/c1-2-6-11(7-3-1)14-10-12-8-4-5-9-13-12;1-2;/h1-9,14H,10H2;1-2H3;1H4. The molecule has 2 aromatic rings. The second kappa shape index (κ2) is 9.40. The molecule has 0 aliphatic heterocycles. The molecule has 0 bridgehead atoms. The van der Waals surface area contributed by atoms with Crippen LogP contribution in [0.2, 0.25) is 0 Å². The Morgan fingerprint density at radius 2 is 1.59 bits per heavy atom. The topological polar surface area (TPSA) is 24.9 Å². The van der Waals surface area contributed by atoms with Crippen molar-refractivity contribution in [1.82, 2.24) is 4.98 Å². The first-order chi connectivity index (χ1) is 7.95.